The van der Waals surface area contributed by atoms with Crippen LogP contribution in [0.4, 0.5) is 0 Å². The van der Waals surface area contributed by atoms with Gasteiger partial charge in [0.1, 0.15) is 0 Å². The van der Waals surface area contributed by atoms with E-state index in [0.29, 0.717) is 5.41 Å². The molecule has 2 aliphatic heterocycles. The van der Waals surface area contributed by atoms with Crippen LogP contribution in [0.5, 0.6) is 0 Å². The van der Waals surface area contributed by atoms with E-state index in [1.807, 2.05) is 0 Å². The molecule has 0 aromatic carbocycles. The van der Waals surface area contributed by atoms with Crippen LogP contribution >= 0.6 is 0 Å². The molecule has 0 saturated carbocycles. The Balaban J connectivity index is 0.000000211. The highest BCUT2D eigenvalue weighted by Crippen LogP contribution is 2.33. The Morgan fingerprint density at radius 2 is 1.86 bits per heavy atom. The van der Waals surface area contributed by atoms with Crippen LogP contribution in [0.2, 0.25) is 0 Å². The third-order valence-corrected chi connectivity index (χ3v) is 5.59. The Morgan fingerprint density at radius 3 is 2.24 bits per heavy atom. The van der Waals surface area contributed by atoms with Crippen LogP contribution < -0.4 is 10.6 Å². The molecular weight excluding hydrogens is 256 g/mol. The van der Waals surface area contributed by atoms with E-state index in [9.17, 15) is 0 Å². The lowest BCUT2D eigenvalue weighted by Gasteiger charge is -2.37. The highest BCUT2D eigenvalue weighted by atomic mass is 14.9. The molecule has 3 atom stereocenters. The number of nitrogens with one attached hydrogen (secondary N) is 2. The average Bonchev–Trinajstić information content (AvgIpc) is 2.42. The van der Waals surface area contributed by atoms with Crippen LogP contribution in [0.3, 0.4) is 0 Å². The summed E-state index contributed by atoms with van der Waals surface area (Å²) in [5, 5.41) is 6.99. The Morgan fingerprint density at radius 1 is 1.14 bits per heavy atom. The highest BCUT2D eigenvalue weighted by Gasteiger charge is 2.29. The van der Waals surface area contributed by atoms with Crippen molar-refractivity contribution in [2.24, 2.45) is 23.2 Å². The van der Waals surface area contributed by atoms with E-state index in [0.717, 1.165) is 23.8 Å². The molecule has 0 aromatic heterocycles. The minimum absolute atomic E-state index is 0.568. The quantitative estimate of drug-likeness (QED) is 0.804. The highest BCUT2D eigenvalue weighted by molar-refractivity contribution is 4.83. The summed E-state index contributed by atoms with van der Waals surface area (Å²) < 4.78 is 0. The Hall–Kier alpha value is -0.0800. The number of hydrogen-bond donors (Lipinski definition) is 2. The van der Waals surface area contributed by atoms with Gasteiger partial charge >= 0.3 is 0 Å². The molecule has 2 heterocycles. The first-order valence-corrected chi connectivity index (χ1v) is 9.27. The van der Waals surface area contributed by atoms with Gasteiger partial charge in [-0.05, 0) is 75.3 Å². The zero-order valence-electron chi connectivity index (χ0n) is 15.5. The van der Waals surface area contributed by atoms with Gasteiger partial charge < -0.3 is 10.6 Å². The largest absolute Gasteiger partial charge is 0.316 e. The molecule has 2 N–H and O–H groups in total. The SMILES string of the molecule is CC(C)C1(C)CCCNC1.CC(C)CC1CCC(C)NC1. The normalized spacial score (nSPS) is 33.7. The standard InChI is InChI=1S/C10H21N.C9H19N/c1-8(2)6-10-5-4-9(3)11-7-10;1-8(2)9(3)5-4-6-10-7-9/h8-11H,4-7H2,1-3H3;8,10H,4-7H2,1-3H3. The second-order valence-electron chi connectivity index (χ2n) is 8.47. The average molecular weight is 297 g/mol. The summed E-state index contributed by atoms with van der Waals surface area (Å²) in [5.41, 5.74) is 0.568. The first kappa shape index (κ1) is 19.0. The van der Waals surface area contributed by atoms with E-state index in [2.05, 4.69) is 52.2 Å². The zero-order valence-corrected chi connectivity index (χ0v) is 15.5. The summed E-state index contributed by atoms with van der Waals surface area (Å²) in [5.74, 6) is 2.64. The van der Waals surface area contributed by atoms with Gasteiger partial charge in [-0.15, -0.1) is 0 Å². The number of piperidine rings is 2. The molecule has 0 amide bonds. The van der Waals surface area contributed by atoms with Gasteiger partial charge in [0.15, 0.2) is 0 Å². The molecule has 126 valence electrons. The van der Waals surface area contributed by atoms with Gasteiger partial charge in [-0.3, -0.25) is 0 Å². The predicted octanol–water partition coefficient (Wildman–Crippen LogP) is 4.45. The van der Waals surface area contributed by atoms with Gasteiger partial charge in [-0.1, -0.05) is 34.6 Å². The molecule has 0 radical (unpaired) electrons. The Kier molecular flexibility index (Phi) is 8.26. The lowest BCUT2D eigenvalue weighted by Crippen LogP contribution is -2.41. The molecule has 21 heavy (non-hydrogen) atoms. The fraction of sp³-hybridized carbons (Fsp3) is 1.00. The van der Waals surface area contributed by atoms with E-state index >= 15 is 0 Å². The summed E-state index contributed by atoms with van der Waals surface area (Å²) in [6.45, 7) is 17.7. The van der Waals surface area contributed by atoms with Gasteiger partial charge in [0.05, 0.1) is 0 Å². The van der Waals surface area contributed by atoms with Crippen molar-refractivity contribution >= 4 is 0 Å². The van der Waals surface area contributed by atoms with Crippen LogP contribution in [-0.4, -0.2) is 25.7 Å². The monoisotopic (exact) mass is 296 g/mol. The lowest BCUT2D eigenvalue weighted by molar-refractivity contribution is 0.161. The number of rotatable bonds is 3. The summed E-state index contributed by atoms with van der Waals surface area (Å²) in [6, 6.07) is 0.762. The Bertz CT molecular complexity index is 259. The van der Waals surface area contributed by atoms with Crippen molar-refractivity contribution in [1.29, 1.82) is 0 Å². The molecule has 0 bridgehead atoms. The topological polar surface area (TPSA) is 24.1 Å². The van der Waals surface area contributed by atoms with Crippen LogP contribution in [0, 0.1) is 23.2 Å². The van der Waals surface area contributed by atoms with Gasteiger partial charge in [0, 0.05) is 12.6 Å². The minimum atomic E-state index is 0.568. The van der Waals surface area contributed by atoms with Gasteiger partial charge in [-0.25, -0.2) is 0 Å². The van der Waals surface area contributed by atoms with Crippen LogP contribution in [0.1, 0.15) is 73.6 Å². The van der Waals surface area contributed by atoms with Crippen molar-refractivity contribution < 1.29 is 0 Å². The van der Waals surface area contributed by atoms with Crippen molar-refractivity contribution in [2.75, 3.05) is 19.6 Å². The molecule has 2 fully saturated rings. The van der Waals surface area contributed by atoms with Crippen molar-refractivity contribution in [3.8, 4) is 0 Å². The fourth-order valence-electron chi connectivity index (χ4n) is 3.50. The smallest absolute Gasteiger partial charge is 0.00389 e. The first-order chi connectivity index (χ1) is 9.83. The van der Waals surface area contributed by atoms with E-state index in [4.69, 9.17) is 0 Å². The molecular formula is C19H40N2. The maximum absolute atomic E-state index is 3.54. The summed E-state index contributed by atoms with van der Waals surface area (Å²) in [4.78, 5) is 0. The van der Waals surface area contributed by atoms with E-state index in [-0.39, 0.29) is 0 Å². The molecule has 0 aliphatic carbocycles. The van der Waals surface area contributed by atoms with Gasteiger partial charge in [0.25, 0.3) is 0 Å². The van der Waals surface area contributed by atoms with Crippen LogP contribution in [-0.2, 0) is 0 Å². The van der Waals surface area contributed by atoms with Crippen molar-refractivity contribution in [1.82, 2.24) is 10.6 Å². The third-order valence-electron chi connectivity index (χ3n) is 5.59. The third kappa shape index (κ3) is 7.15. The second kappa shape index (κ2) is 9.15. The molecule has 3 unspecified atom stereocenters. The molecule has 2 aliphatic rings. The maximum Gasteiger partial charge on any atom is 0.00389 e. The predicted molar refractivity (Wildman–Crippen MR) is 94.7 cm³/mol. The summed E-state index contributed by atoms with van der Waals surface area (Å²) >= 11 is 0. The maximum atomic E-state index is 3.54. The molecule has 2 saturated heterocycles. The molecule has 0 aromatic rings. The lowest BCUT2D eigenvalue weighted by atomic mass is 9.74. The summed E-state index contributed by atoms with van der Waals surface area (Å²) in [6.07, 6.45) is 6.97. The zero-order chi connectivity index (χ0) is 15.9. The Labute approximate surface area is 133 Å². The van der Waals surface area contributed by atoms with Crippen LogP contribution in [0.15, 0.2) is 0 Å². The van der Waals surface area contributed by atoms with Gasteiger partial charge in [-0.2, -0.15) is 0 Å². The molecule has 0 spiro atoms. The first-order valence-electron chi connectivity index (χ1n) is 9.27. The molecule has 2 nitrogen and oxygen atoms in total. The van der Waals surface area contributed by atoms with E-state index in [1.54, 1.807) is 0 Å². The summed E-state index contributed by atoms with van der Waals surface area (Å²) in [7, 11) is 0. The van der Waals surface area contributed by atoms with Crippen molar-refractivity contribution in [3.05, 3.63) is 0 Å². The molecule has 2 heteroatoms. The fourth-order valence-corrected chi connectivity index (χ4v) is 3.50. The van der Waals surface area contributed by atoms with E-state index in [1.165, 1.54) is 51.7 Å². The van der Waals surface area contributed by atoms with Crippen molar-refractivity contribution in [2.45, 2.75) is 79.7 Å². The van der Waals surface area contributed by atoms with Crippen LogP contribution in [0.25, 0.3) is 0 Å². The van der Waals surface area contributed by atoms with E-state index < -0.39 is 0 Å². The van der Waals surface area contributed by atoms with Gasteiger partial charge in [0.2, 0.25) is 0 Å². The molecule has 2 rings (SSSR count). The number of hydrogen-bond acceptors (Lipinski definition) is 2. The van der Waals surface area contributed by atoms with Crippen molar-refractivity contribution in [3.63, 3.8) is 0 Å². The minimum Gasteiger partial charge on any atom is -0.316 e. The second-order valence-corrected chi connectivity index (χ2v) is 8.47.